The summed E-state index contributed by atoms with van der Waals surface area (Å²) in [5.74, 6) is 0.990. The van der Waals surface area contributed by atoms with Crippen LogP contribution in [-0.2, 0) is 0 Å². The van der Waals surface area contributed by atoms with Crippen molar-refractivity contribution in [2.24, 2.45) is 0 Å². The van der Waals surface area contributed by atoms with Gasteiger partial charge in [0.2, 0.25) is 5.69 Å². The van der Waals surface area contributed by atoms with Gasteiger partial charge in [0, 0.05) is 12.4 Å². The normalized spacial score (nSPS) is 9.89. The zero-order valence-corrected chi connectivity index (χ0v) is 10.6. The van der Waals surface area contributed by atoms with Gasteiger partial charge in [-0.05, 0) is 37.5 Å². The maximum Gasteiger partial charge on any atom is 0.256 e. The van der Waals surface area contributed by atoms with E-state index in [1.165, 1.54) is 12.4 Å². The van der Waals surface area contributed by atoms with Gasteiger partial charge in [-0.25, -0.2) is 9.97 Å². The number of nitrogens with zero attached hydrogens (tertiary/aromatic N) is 3. The molecule has 2 aromatic rings. The van der Waals surface area contributed by atoms with E-state index in [4.69, 9.17) is 10.00 Å². The smallest absolute Gasteiger partial charge is 0.256 e. The summed E-state index contributed by atoms with van der Waals surface area (Å²) in [6, 6.07) is 6.00. The largest absolute Gasteiger partial charge is 0.436 e. The molecule has 1 heterocycles. The van der Waals surface area contributed by atoms with E-state index in [1.54, 1.807) is 0 Å². The fraction of sp³-hybridized carbons (Fsp3) is 0.214. The Morgan fingerprint density at radius 2 is 1.72 bits per heavy atom. The Labute approximate surface area is 106 Å². The van der Waals surface area contributed by atoms with Crippen LogP contribution < -0.4 is 4.74 Å². The van der Waals surface area contributed by atoms with E-state index in [9.17, 15) is 0 Å². The second-order valence-corrected chi connectivity index (χ2v) is 4.08. The molecule has 0 aliphatic heterocycles. The highest BCUT2D eigenvalue weighted by molar-refractivity contribution is 5.47. The van der Waals surface area contributed by atoms with Crippen molar-refractivity contribution in [1.82, 2.24) is 9.97 Å². The van der Waals surface area contributed by atoms with E-state index in [2.05, 4.69) is 9.97 Å². The van der Waals surface area contributed by atoms with Gasteiger partial charge in [0.15, 0.2) is 0 Å². The van der Waals surface area contributed by atoms with Crippen molar-refractivity contribution in [2.45, 2.75) is 20.8 Å². The Bertz CT molecular complexity index is 629. The predicted molar refractivity (Wildman–Crippen MR) is 67.5 cm³/mol. The summed E-state index contributed by atoms with van der Waals surface area (Å²) in [5.41, 5.74) is 3.38. The molecule has 4 nitrogen and oxygen atoms in total. The Morgan fingerprint density at radius 1 is 1.06 bits per heavy atom. The Balaban J connectivity index is 2.47. The molecule has 18 heavy (non-hydrogen) atoms. The standard InChI is InChI=1S/C14H13N3O/c1-9-4-5-10(2)13(11(9)3)18-14-12(8-15)16-6-7-17-14/h4-7H,1-3H3. The fourth-order valence-corrected chi connectivity index (χ4v) is 1.66. The minimum absolute atomic E-state index is 0.192. The molecule has 1 aromatic carbocycles. The van der Waals surface area contributed by atoms with Crippen molar-refractivity contribution in [2.75, 3.05) is 0 Å². The van der Waals surface area contributed by atoms with Crippen LogP contribution in [0, 0.1) is 32.1 Å². The number of ether oxygens (including phenoxy) is 1. The van der Waals surface area contributed by atoms with Crippen molar-refractivity contribution in [3.8, 4) is 17.7 Å². The monoisotopic (exact) mass is 239 g/mol. The average Bonchev–Trinajstić information content (AvgIpc) is 2.39. The predicted octanol–water partition coefficient (Wildman–Crippen LogP) is 3.07. The molecule has 0 aliphatic rings. The second-order valence-electron chi connectivity index (χ2n) is 4.08. The maximum absolute atomic E-state index is 8.96. The highest BCUT2D eigenvalue weighted by atomic mass is 16.5. The summed E-state index contributed by atoms with van der Waals surface area (Å²) < 4.78 is 5.75. The summed E-state index contributed by atoms with van der Waals surface area (Å²) in [7, 11) is 0. The molecule has 90 valence electrons. The molecule has 1 aromatic heterocycles. The molecule has 0 N–H and O–H groups in total. The first-order valence-corrected chi connectivity index (χ1v) is 5.59. The van der Waals surface area contributed by atoms with Gasteiger partial charge < -0.3 is 4.74 Å². The third kappa shape index (κ3) is 2.16. The lowest BCUT2D eigenvalue weighted by atomic mass is 10.1. The third-order valence-corrected chi connectivity index (χ3v) is 2.84. The molecule has 0 unspecified atom stereocenters. The first kappa shape index (κ1) is 12.1. The molecule has 0 atom stereocenters. The molecule has 0 aliphatic carbocycles. The molecule has 0 amide bonds. The van der Waals surface area contributed by atoms with Gasteiger partial charge >= 0.3 is 0 Å². The van der Waals surface area contributed by atoms with Crippen molar-refractivity contribution in [3.63, 3.8) is 0 Å². The molecule has 2 rings (SSSR count). The number of aromatic nitrogens is 2. The highest BCUT2D eigenvalue weighted by Gasteiger charge is 2.12. The van der Waals surface area contributed by atoms with Crippen LogP contribution in [0.2, 0.25) is 0 Å². The molecular weight excluding hydrogens is 226 g/mol. The number of rotatable bonds is 2. The number of benzene rings is 1. The first-order chi connectivity index (χ1) is 8.63. The number of aryl methyl sites for hydroxylation is 2. The van der Waals surface area contributed by atoms with Crippen LogP contribution in [0.3, 0.4) is 0 Å². The zero-order valence-electron chi connectivity index (χ0n) is 10.6. The molecular formula is C14H13N3O. The first-order valence-electron chi connectivity index (χ1n) is 5.59. The van der Waals surface area contributed by atoms with Gasteiger partial charge in [0.05, 0.1) is 0 Å². The van der Waals surface area contributed by atoms with Gasteiger partial charge in [0.1, 0.15) is 11.8 Å². The second kappa shape index (κ2) is 4.84. The summed E-state index contributed by atoms with van der Waals surface area (Å²) in [6.07, 6.45) is 2.98. The van der Waals surface area contributed by atoms with E-state index in [1.807, 2.05) is 39.0 Å². The van der Waals surface area contributed by atoms with E-state index in [0.29, 0.717) is 0 Å². The van der Waals surface area contributed by atoms with Crippen molar-refractivity contribution in [3.05, 3.63) is 46.9 Å². The maximum atomic E-state index is 8.96. The Hall–Kier alpha value is -2.41. The van der Waals surface area contributed by atoms with Crippen LogP contribution >= 0.6 is 0 Å². The van der Waals surface area contributed by atoms with E-state index in [-0.39, 0.29) is 11.6 Å². The minimum Gasteiger partial charge on any atom is -0.436 e. The fourth-order valence-electron chi connectivity index (χ4n) is 1.66. The van der Waals surface area contributed by atoms with E-state index in [0.717, 1.165) is 22.4 Å². The van der Waals surface area contributed by atoms with E-state index >= 15 is 0 Å². The van der Waals surface area contributed by atoms with Gasteiger partial charge in [-0.3, -0.25) is 0 Å². The topological polar surface area (TPSA) is 58.8 Å². The minimum atomic E-state index is 0.192. The number of hydrogen-bond acceptors (Lipinski definition) is 4. The van der Waals surface area contributed by atoms with E-state index < -0.39 is 0 Å². The lowest BCUT2D eigenvalue weighted by molar-refractivity contribution is 0.451. The summed E-state index contributed by atoms with van der Waals surface area (Å²) in [5, 5.41) is 8.96. The van der Waals surface area contributed by atoms with Crippen LogP contribution in [-0.4, -0.2) is 9.97 Å². The Kier molecular flexibility index (Phi) is 3.24. The van der Waals surface area contributed by atoms with Gasteiger partial charge in [-0.2, -0.15) is 5.26 Å². The SMILES string of the molecule is Cc1ccc(C)c(Oc2nccnc2C#N)c1C. The van der Waals surface area contributed by atoms with Crippen LogP contribution in [0.4, 0.5) is 0 Å². The van der Waals surface area contributed by atoms with Gasteiger partial charge in [-0.15, -0.1) is 0 Å². The van der Waals surface area contributed by atoms with Crippen LogP contribution in [0.15, 0.2) is 24.5 Å². The van der Waals surface area contributed by atoms with Crippen molar-refractivity contribution >= 4 is 0 Å². The lowest BCUT2D eigenvalue weighted by Gasteiger charge is -2.12. The van der Waals surface area contributed by atoms with Gasteiger partial charge in [0.25, 0.3) is 5.88 Å². The lowest BCUT2D eigenvalue weighted by Crippen LogP contribution is -1.98. The van der Waals surface area contributed by atoms with Crippen LogP contribution in [0.25, 0.3) is 0 Å². The molecule has 0 spiro atoms. The molecule has 0 fully saturated rings. The molecule has 0 radical (unpaired) electrons. The quantitative estimate of drug-likeness (QED) is 0.808. The Morgan fingerprint density at radius 3 is 2.44 bits per heavy atom. The summed E-state index contributed by atoms with van der Waals surface area (Å²) in [4.78, 5) is 7.98. The van der Waals surface area contributed by atoms with Gasteiger partial charge in [-0.1, -0.05) is 12.1 Å². The molecule has 4 heteroatoms. The van der Waals surface area contributed by atoms with Crippen molar-refractivity contribution in [1.29, 1.82) is 5.26 Å². The van der Waals surface area contributed by atoms with Crippen LogP contribution in [0.1, 0.15) is 22.4 Å². The molecule has 0 saturated heterocycles. The number of nitriles is 1. The third-order valence-electron chi connectivity index (χ3n) is 2.84. The highest BCUT2D eigenvalue weighted by Crippen LogP contribution is 2.30. The summed E-state index contributed by atoms with van der Waals surface area (Å²) in [6.45, 7) is 5.97. The summed E-state index contributed by atoms with van der Waals surface area (Å²) >= 11 is 0. The number of hydrogen-bond donors (Lipinski definition) is 0. The molecule has 0 bridgehead atoms. The van der Waals surface area contributed by atoms with Crippen molar-refractivity contribution < 1.29 is 4.74 Å². The average molecular weight is 239 g/mol. The zero-order chi connectivity index (χ0) is 13.1. The van der Waals surface area contributed by atoms with Crippen LogP contribution in [0.5, 0.6) is 11.6 Å². The molecule has 0 saturated carbocycles.